The van der Waals surface area contributed by atoms with Gasteiger partial charge in [0.2, 0.25) is 5.91 Å². The first-order valence-electron chi connectivity index (χ1n) is 5.21. The third-order valence-corrected chi connectivity index (χ3v) is 3.07. The molecule has 1 rings (SSSR count). The number of carbonyl (C=O) groups excluding carboxylic acids is 1. The van der Waals surface area contributed by atoms with E-state index in [2.05, 4.69) is 21.2 Å². The van der Waals surface area contributed by atoms with Crippen LogP contribution in [0, 0.1) is 11.2 Å². The Morgan fingerprint density at radius 1 is 1.44 bits per heavy atom. The molecule has 0 aliphatic heterocycles. The van der Waals surface area contributed by atoms with Crippen LogP contribution in [-0.4, -0.2) is 17.0 Å². The number of carboxylic acid groups (broad SMARTS) is 1. The summed E-state index contributed by atoms with van der Waals surface area (Å²) >= 11 is 3.11. The zero-order valence-corrected chi connectivity index (χ0v) is 11.5. The summed E-state index contributed by atoms with van der Waals surface area (Å²) in [6.07, 6.45) is -0.233. The molecule has 1 amide bonds. The molecular formula is C12H13BrFNO3. The zero-order chi connectivity index (χ0) is 13.9. The van der Waals surface area contributed by atoms with Crippen molar-refractivity contribution in [3.05, 3.63) is 28.5 Å². The fraction of sp³-hybridized carbons (Fsp3) is 0.333. The molecule has 0 saturated carbocycles. The highest BCUT2D eigenvalue weighted by atomic mass is 79.9. The van der Waals surface area contributed by atoms with Crippen LogP contribution in [0.1, 0.15) is 20.3 Å². The van der Waals surface area contributed by atoms with Crippen molar-refractivity contribution >= 4 is 33.5 Å². The molecule has 0 aliphatic rings. The Labute approximate surface area is 112 Å². The quantitative estimate of drug-likeness (QED) is 0.897. The topological polar surface area (TPSA) is 66.4 Å². The lowest BCUT2D eigenvalue weighted by molar-refractivity contribution is -0.148. The smallest absolute Gasteiger partial charge is 0.309 e. The van der Waals surface area contributed by atoms with Gasteiger partial charge in [-0.1, -0.05) is 6.07 Å². The van der Waals surface area contributed by atoms with Gasteiger partial charge < -0.3 is 10.4 Å². The van der Waals surface area contributed by atoms with Gasteiger partial charge in [-0.3, -0.25) is 9.59 Å². The standard InChI is InChI=1S/C12H13BrFNO3/c1-12(2,11(17)18)6-9(16)15-10-7(13)4-3-5-8(10)14/h3-5H,6H2,1-2H3,(H,15,16)(H,17,18). The largest absolute Gasteiger partial charge is 0.481 e. The van der Waals surface area contributed by atoms with Gasteiger partial charge in [0.25, 0.3) is 0 Å². The average molecular weight is 318 g/mol. The number of para-hydroxylation sites is 1. The van der Waals surface area contributed by atoms with Gasteiger partial charge in [-0.15, -0.1) is 0 Å². The molecule has 1 aromatic rings. The van der Waals surface area contributed by atoms with E-state index in [4.69, 9.17) is 5.11 Å². The van der Waals surface area contributed by atoms with Crippen LogP contribution in [0.25, 0.3) is 0 Å². The molecule has 98 valence electrons. The molecule has 0 bridgehead atoms. The number of amides is 1. The van der Waals surface area contributed by atoms with Crippen molar-refractivity contribution < 1.29 is 19.1 Å². The monoisotopic (exact) mass is 317 g/mol. The number of hydrogen-bond acceptors (Lipinski definition) is 2. The molecule has 0 atom stereocenters. The number of aliphatic carboxylic acids is 1. The summed E-state index contributed by atoms with van der Waals surface area (Å²) in [6, 6.07) is 4.29. The number of nitrogens with one attached hydrogen (secondary N) is 1. The van der Waals surface area contributed by atoms with Crippen LogP contribution in [-0.2, 0) is 9.59 Å². The summed E-state index contributed by atoms with van der Waals surface area (Å²) in [7, 11) is 0. The third kappa shape index (κ3) is 3.53. The van der Waals surface area contributed by atoms with E-state index in [1.807, 2.05) is 0 Å². The van der Waals surface area contributed by atoms with Gasteiger partial charge in [0.1, 0.15) is 5.82 Å². The molecule has 0 aromatic heterocycles. The summed E-state index contributed by atoms with van der Waals surface area (Å²) in [6.45, 7) is 2.87. The summed E-state index contributed by atoms with van der Waals surface area (Å²) in [5.41, 5.74) is -1.18. The van der Waals surface area contributed by atoms with E-state index < -0.39 is 23.1 Å². The lowest BCUT2D eigenvalue weighted by atomic mass is 9.89. The van der Waals surface area contributed by atoms with Gasteiger partial charge in [-0.2, -0.15) is 0 Å². The van der Waals surface area contributed by atoms with E-state index in [1.54, 1.807) is 6.07 Å². The molecule has 6 heteroatoms. The van der Waals surface area contributed by atoms with E-state index in [1.165, 1.54) is 26.0 Å². The van der Waals surface area contributed by atoms with Crippen molar-refractivity contribution in [1.82, 2.24) is 0 Å². The van der Waals surface area contributed by atoms with E-state index in [0.717, 1.165) is 0 Å². The Morgan fingerprint density at radius 3 is 2.56 bits per heavy atom. The van der Waals surface area contributed by atoms with Gasteiger partial charge in [0, 0.05) is 10.9 Å². The molecule has 0 radical (unpaired) electrons. The number of carboxylic acids is 1. The van der Waals surface area contributed by atoms with Crippen molar-refractivity contribution in [2.24, 2.45) is 5.41 Å². The molecule has 0 saturated heterocycles. The number of rotatable bonds is 4. The van der Waals surface area contributed by atoms with Crippen molar-refractivity contribution in [2.75, 3.05) is 5.32 Å². The van der Waals surface area contributed by atoms with Crippen LogP contribution in [0.3, 0.4) is 0 Å². The van der Waals surface area contributed by atoms with Crippen molar-refractivity contribution in [3.63, 3.8) is 0 Å². The average Bonchev–Trinajstić information content (AvgIpc) is 2.22. The predicted octanol–water partition coefficient (Wildman–Crippen LogP) is 3.03. The highest BCUT2D eigenvalue weighted by molar-refractivity contribution is 9.10. The van der Waals surface area contributed by atoms with Gasteiger partial charge in [0.05, 0.1) is 11.1 Å². The molecule has 18 heavy (non-hydrogen) atoms. The van der Waals surface area contributed by atoms with Crippen molar-refractivity contribution in [2.45, 2.75) is 20.3 Å². The van der Waals surface area contributed by atoms with Crippen LogP contribution >= 0.6 is 15.9 Å². The first-order chi connectivity index (χ1) is 8.24. The number of anilines is 1. The van der Waals surface area contributed by atoms with Gasteiger partial charge in [-0.05, 0) is 41.9 Å². The fourth-order valence-corrected chi connectivity index (χ4v) is 1.72. The summed E-state index contributed by atoms with van der Waals surface area (Å²) in [5, 5.41) is 11.3. The molecule has 0 heterocycles. The molecular weight excluding hydrogens is 305 g/mol. The third-order valence-electron chi connectivity index (χ3n) is 2.41. The van der Waals surface area contributed by atoms with E-state index in [9.17, 15) is 14.0 Å². The van der Waals surface area contributed by atoms with Crippen molar-refractivity contribution in [3.8, 4) is 0 Å². The van der Waals surface area contributed by atoms with Gasteiger partial charge in [0.15, 0.2) is 0 Å². The highest BCUT2D eigenvalue weighted by Gasteiger charge is 2.30. The van der Waals surface area contributed by atoms with Crippen LogP contribution in [0.4, 0.5) is 10.1 Å². The Hall–Kier alpha value is -1.43. The minimum Gasteiger partial charge on any atom is -0.481 e. The Balaban J connectivity index is 2.80. The predicted molar refractivity (Wildman–Crippen MR) is 68.8 cm³/mol. The second kappa shape index (κ2) is 5.48. The second-order valence-electron chi connectivity index (χ2n) is 4.51. The number of carbonyl (C=O) groups is 2. The molecule has 0 aliphatic carbocycles. The lowest BCUT2D eigenvalue weighted by Crippen LogP contribution is -2.29. The number of halogens is 2. The Bertz CT molecular complexity index is 468. The van der Waals surface area contributed by atoms with E-state index in [0.29, 0.717) is 4.47 Å². The van der Waals surface area contributed by atoms with E-state index in [-0.39, 0.29) is 12.1 Å². The maximum atomic E-state index is 13.4. The molecule has 0 fully saturated rings. The first kappa shape index (κ1) is 14.6. The van der Waals surface area contributed by atoms with Crippen molar-refractivity contribution in [1.29, 1.82) is 0 Å². The van der Waals surface area contributed by atoms with Gasteiger partial charge >= 0.3 is 5.97 Å². The lowest BCUT2D eigenvalue weighted by Gasteiger charge is -2.18. The SMILES string of the molecule is CC(C)(CC(=O)Nc1c(F)cccc1Br)C(=O)O. The van der Waals surface area contributed by atoms with Crippen LogP contribution in [0.15, 0.2) is 22.7 Å². The molecule has 0 spiro atoms. The maximum absolute atomic E-state index is 13.4. The Kier molecular flexibility index (Phi) is 4.45. The number of benzene rings is 1. The maximum Gasteiger partial charge on any atom is 0.309 e. The van der Waals surface area contributed by atoms with Crippen LogP contribution < -0.4 is 5.32 Å². The Morgan fingerprint density at radius 2 is 2.06 bits per heavy atom. The summed E-state index contributed by atoms with van der Waals surface area (Å²) < 4.78 is 13.8. The minimum absolute atomic E-state index is 0.0173. The van der Waals surface area contributed by atoms with Crippen LogP contribution in [0.2, 0.25) is 0 Å². The van der Waals surface area contributed by atoms with Gasteiger partial charge in [-0.25, -0.2) is 4.39 Å². The fourth-order valence-electron chi connectivity index (χ4n) is 1.28. The molecule has 2 N–H and O–H groups in total. The molecule has 4 nitrogen and oxygen atoms in total. The first-order valence-corrected chi connectivity index (χ1v) is 6.00. The number of hydrogen-bond donors (Lipinski definition) is 2. The summed E-state index contributed by atoms with van der Waals surface area (Å²) in [4.78, 5) is 22.6. The normalized spacial score (nSPS) is 11.1. The van der Waals surface area contributed by atoms with E-state index >= 15 is 0 Å². The van der Waals surface area contributed by atoms with Crippen LogP contribution in [0.5, 0.6) is 0 Å². The molecule has 0 unspecified atom stereocenters. The summed E-state index contributed by atoms with van der Waals surface area (Å²) in [5.74, 6) is -2.20. The highest BCUT2D eigenvalue weighted by Crippen LogP contribution is 2.27. The minimum atomic E-state index is -1.19. The zero-order valence-electron chi connectivity index (χ0n) is 9.96. The molecule has 1 aromatic carbocycles. The second-order valence-corrected chi connectivity index (χ2v) is 5.36.